The van der Waals surface area contributed by atoms with E-state index < -0.39 is 12.2 Å². The molecule has 0 saturated heterocycles. The van der Waals surface area contributed by atoms with Crippen LogP contribution in [0.4, 0.5) is 0 Å². The molecule has 0 spiro atoms. The maximum atomic E-state index is 12.6. The summed E-state index contributed by atoms with van der Waals surface area (Å²) < 4.78 is 11.6. The molecule has 0 aliphatic heterocycles. The second-order valence-electron chi connectivity index (χ2n) is 7.81. The number of benzene rings is 2. The highest BCUT2D eigenvalue weighted by Gasteiger charge is 2.22. The summed E-state index contributed by atoms with van der Waals surface area (Å²) in [6, 6.07) is 15.0. The fourth-order valence-corrected chi connectivity index (χ4v) is 2.96. The molecule has 2 amide bonds. The number of amides is 2. The van der Waals surface area contributed by atoms with Gasteiger partial charge in [0.15, 0.2) is 12.2 Å². The maximum absolute atomic E-state index is 12.6. The SMILES string of the molecule is CCC(Oc1ccc(C)cc1)C(=O)NCC(C)NC(=O)C(CC)Oc1ccc(C)cc1. The van der Waals surface area contributed by atoms with E-state index in [1.807, 2.05) is 83.1 Å². The Morgan fingerprint density at radius 3 is 1.61 bits per heavy atom. The molecule has 0 aromatic heterocycles. The Labute approximate surface area is 185 Å². The second kappa shape index (κ2) is 12.0. The van der Waals surface area contributed by atoms with E-state index in [4.69, 9.17) is 9.47 Å². The summed E-state index contributed by atoms with van der Waals surface area (Å²) in [5, 5.41) is 5.78. The molecular formula is C25H34N2O4. The van der Waals surface area contributed by atoms with E-state index in [0.717, 1.165) is 11.1 Å². The molecule has 6 nitrogen and oxygen atoms in total. The third-order valence-electron chi connectivity index (χ3n) is 4.90. The van der Waals surface area contributed by atoms with Crippen LogP contribution in [0, 0.1) is 13.8 Å². The molecule has 0 aliphatic rings. The first-order valence-corrected chi connectivity index (χ1v) is 10.9. The zero-order chi connectivity index (χ0) is 22.8. The van der Waals surface area contributed by atoms with Crippen molar-refractivity contribution in [3.63, 3.8) is 0 Å². The van der Waals surface area contributed by atoms with Crippen LogP contribution < -0.4 is 20.1 Å². The molecule has 0 saturated carbocycles. The molecule has 2 aromatic rings. The molecule has 2 rings (SSSR count). The molecule has 2 N–H and O–H groups in total. The number of ether oxygens (including phenoxy) is 2. The van der Waals surface area contributed by atoms with Crippen molar-refractivity contribution in [3.8, 4) is 11.5 Å². The van der Waals surface area contributed by atoms with Crippen LogP contribution >= 0.6 is 0 Å². The fourth-order valence-electron chi connectivity index (χ4n) is 2.96. The number of hydrogen-bond donors (Lipinski definition) is 2. The molecule has 168 valence electrons. The average Bonchev–Trinajstić information content (AvgIpc) is 2.76. The van der Waals surface area contributed by atoms with Crippen LogP contribution in [-0.4, -0.2) is 36.6 Å². The smallest absolute Gasteiger partial charge is 0.261 e. The monoisotopic (exact) mass is 426 g/mol. The van der Waals surface area contributed by atoms with Crippen LogP contribution in [0.25, 0.3) is 0 Å². The largest absolute Gasteiger partial charge is 0.481 e. The Balaban J connectivity index is 1.82. The minimum absolute atomic E-state index is 0.201. The Hall–Kier alpha value is -3.02. The zero-order valence-corrected chi connectivity index (χ0v) is 19.1. The van der Waals surface area contributed by atoms with Crippen LogP contribution in [0.15, 0.2) is 48.5 Å². The number of rotatable bonds is 11. The van der Waals surface area contributed by atoms with Crippen molar-refractivity contribution in [2.45, 2.75) is 65.7 Å². The van der Waals surface area contributed by atoms with E-state index in [1.165, 1.54) is 0 Å². The van der Waals surface area contributed by atoms with E-state index in [2.05, 4.69) is 10.6 Å². The Morgan fingerprint density at radius 2 is 1.19 bits per heavy atom. The summed E-state index contributed by atoms with van der Waals surface area (Å²) in [7, 11) is 0. The van der Waals surface area contributed by atoms with Gasteiger partial charge in [0.1, 0.15) is 11.5 Å². The van der Waals surface area contributed by atoms with Gasteiger partial charge in [0.05, 0.1) is 0 Å². The first-order chi connectivity index (χ1) is 14.8. The maximum Gasteiger partial charge on any atom is 0.261 e. The normalized spacial score (nSPS) is 13.6. The van der Waals surface area contributed by atoms with Crippen molar-refractivity contribution in [1.82, 2.24) is 10.6 Å². The number of carbonyl (C=O) groups excluding carboxylic acids is 2. The molecule has 0 fully saturated rings. The lowest BCUT2D eigenvalue weighted by Crippen LogP contribution is -2.48. The quantitative estimate of drug-likeness (QED) is 0.571. The number of hydrogen-bond acceptors (Lipinski definition) is 4. The van der Waals surface area contributed by atoms with Crippen molar-refractivity contribution in [2.75, 3.05) is 6.54 Å². The van der Waals surface area contributed by atoms with Crippen LogP contribution in [0.1, 0.15) is 44.7 Å². The van der Waals surface area contributed by atoms with Crippen LogP contribution in [0.3, 0.4) is 0 Å². The number of nitrogens with one attached hydrogen (secondary N) is 2. The number of aryl methyl sites for hydroxylation is 2. The van der Waals surface area contributed by atoms with Gasteiger partial charge in [-0.05, 0) is 57.9 Å². The predicted octanol–water partition coefficient (Wildman–Crippen LogP) is 3.94. The lowest BCUT2D eigenvalue weighted by atomic mass is 10.2. The third-order valence-corrected chi connectivity index (χ3v) is 4.90. The molecular weight excluding hydrogens is 392 g/mol. The Kier molecular flexibility index (Phi) is 9.38. The van der Waals surface area contributed by atoms with Crippen molar-refractivity contribution >= 4 is 11.8 Å². The van der Waals surface area contributed by atoms with Crippen LogP contribution in [0.5, 0.6) is 11.5 Å². The fraction of sp³-hybridized carbons (Fsp3) is 0.440. The summed E-state index contributed by atoms with van der Waals surface area (Å²) in [5.41, 5.74) is 2.26. The summed E-state index contributed by atoms with van der Waals surface area (Å²) in [6.45, 7) is 9.95. The standard InChI is InChI=1S/C25H34N2O4/c1-6-22(30-20-12-8-17(3)9-13-20)24(28)26-16-19(5)27-25(29)23(7-2)31-21-14-10-18(4)11-15-21/h8-15,19,22-23H,6-7,16H2,1-5H3,(H,26,28)(H,27,29). The van der Waals surface area contributed by atoms with E-state index in [-0.39, 0.29) is 17.9 Å². The van der Waals surface area contributed by atoms with Gasteiger partial charge in [-0.1, -0.05) is 49.2 Å². The minimum atomic E-state index is -0.589. The van der Waals surface area contributed by atoms with E-state index >= 15 is 0 Å². The lowest BCUT2D eigenvalue weighted by molar-refractivity contribution is -0.130. The molecule has 0 bridgehead atoms. The van der Waals surface area contributed by atoms with Crippen molar-refractivity contribution in [3.05, 3.63) is 59.7 Å². The van der Waals surface area contributed by atoms with E-state index in [9.17, 15) is 9.59 Å². The Morgan fingerprint density at radius 1 is 0.774 bits per heavy atom. The average molecular weight is 427 g/mol. The highest BCUT2D eigenvalue weighted by molar-refractivity contribution is 5.82. The summed E-state index contributed by atoms with van der Waals surface area (Å²) >= 11 is 0. The Bertz CT molecular complexity index is 834. The lowest BCUT2D eigenvalue weighted by Gasteiger charge is -2.22. The van der Waals surface area contributed by atoms with Crippen LogP contribution in [0.2, 0.25) is 0 Å². The molecule has 2 aromatic carbocycles. The van der Waals surface area contributed by atoms with Crippen molar-refractivity contribution in [1.29, 1.82) is 0 Å². The van der Waals surface area contributed by atoms with Crippen molar-refractivity contribution < 1.29 is 19.1 Å². The zero-order valence-electron chi connectivity index (χ0n) is 19.1. The van der Waals surface area contributed by atoms with Gasteiger partial charge in [-0.15, -0.1) is 0 Å². The van der Waals surface area contributed by atoms with Gasteiger partial charge in [-0.3, -0.25) is 9.59 Å². The molecule has 0 aliphatic carbocycles. The minimum Gasteiger partial charge on any atom is -0.481 e. The molecule has 0 radical (unpaired) electrons. The van der Waals surface area contributed by atoms with Crippen molar-refractivity contribution in [2.24, 2.45) is 0 Å². The van der Waals surface area contributed by atoms with Gasteiger partial charge in [-0.25, -0.2) is 0 Å². The van der Waals surface area contributed by atoms with Gasteiger partial charge in [0, 0.05) is 12.6 Å². The van der Waals surface area contributed by atoms with Gasteiger partial charge in [0.25, 0.3) is 11.8 Å². The summed E-state index contributed by atoms with van der Waals surface area (Å²) in [6.07, 6.45) is -0.0860. The topological polar surface area (TPSA) is 76.7 Å². The first kappa shape index (κ1) is 24.3. The van der Waals surface area contributed by atoms with Gasteiger partial charge in [-0.2, -0.15) is 0 Å². The van der Waals surface area contributed by atoms with Gasteiger partial charge in [0.2, 0.25) is 0 Å². The molecule has 6 heteroatoms. The second-order valence-corrected chi connectivity index (χ2v) is 7.81. The predicted molar refractivity (Wildman–Crippen MR) is 122 cm³/mol. The van der Waals surface area contributed by atoms with Gasteiger partial charge >= 0.3 is 0 Å². The molecule has 3 atom stereocenters. The van der Waals surface area contributed by atoms with Crippen LogP contribution in [-0.2, 0) is 9.59 Å². The van der Waals surface area contributed by atoms with Gasteiger partial charge < -0.3 is 20.1 Å². The highest BCUT2D eigenvalue weighted by Crippen LogP contribution is 2.16. The highest BCUT2D eigenvalue weighted by atomic mass is 16.5. The molecule has 31 heavy (non-hydrogen) atoms. The first-order valence-electron chi connectivity index (χ1n) is 10.9. The molecule has 3 unspecified atom stereocenters. The third kappa shape index (κ3) is 7.96. The molecule has 0 heterocycles. The van der Waals surface area contributed by atoms with E-state index in [0.29, 0.717) is 30.9 Å². The number of carbonyl (C=O) groups is 2. The summed E-state index contributed by atoms with van der Waals surface area (Å²) in [5.74, 6) is 0.917. The van der Waals surface area contributed by atoms with E-state index in [1.54, 1.807) is 0 Å². The summed E-state index contributed by atoms with van der Waals surface area (Å²) in [4.78, 5) is 25.1.